The van der Waals surface area contributed by atoms with Crippen LogP contribution in [0.2, 0.25) is 0 Å². The fraction of sp³-hybridized carbons (Fsp3) is 0.900. The zero-order chi connectivity index (χ0) is 28.8. The Morgan fingerprint density at radius 3 is 1.42 bits per heavy atom. The Morgan fingerprint density at radius 2 is 1.03 bits per heavy atom. The molecule has 0 spiro atoms. The van der Waals surface area contributed by atoms with Gasteiger partial charge < -0.3 is 27.0 Å². The van der Waals surface area contributed by atoms with E-state index in [1.54, 1.807) is 0 Å². The van der Waals surface area contributed by atoms with Crippen LogP contribution in [0.3, 0.4) is 0 Å². The van der Waals surface area contributed by atoms with Crippen molar-refractivity contribution in [2.24, 2.45) is 11.8 Å². The van der Waals surface area contributed by atoms with Crippen molar-refractivity contribution in [1.82, 2.24) is 15.5 Å². The van der Waals surface area contributed by atoms with Crippen LogP contribution in [-0.4, -0.2) is 60.9 Å². The topological polar surface area (TPSA) is 134 Å². The molecule has 0 bridgehead atoms. The number of amides is 3. The Bertz CT molecular complexity index is 591. The summed E-state index contributed by atoms with van der Waals surface area (Å²) in [7, 11) is 0. The van der Waals surface area contributed by atoms with Crippen molar-refractivity contribution in [3.05, 3.63) is 0 Å². The molecule has 224 valence electrons. The molecule has 0 saturated heterocycles. The number of quaternary nitrogens is 2. The highest BCUT2D eigenvalue weighted by atomic mass is 16.2. The summed E-state index contributed by atoms with van der Waals surface area (Å²) < 4.78 is 0. The van der Waals surface area contributed by atoms with E-state index in [-0.39, 0.29) is 29.8 Å². The van der Waals surface area contributed by atoms with Crippen molar-refractivity contribution in [2.45, 2.75) is 137 Å². The summed E-state index contributed by atoms with van der Waals surface area (Å²) in [6.45, 7) is 12.9. The summed E-state index contributed by atoms with van der Waals surface area (Å²) in [6.07, 6.45) is 14.6. The smallest absolute Gasteiger partial charge is 0.278 e. The van der Waals surface area contributed by atoms with E-state index in [9.17, 15) is 14.4 Å². The van der Waals surface area contributed by atoms with Crippen molar-refractivity contribution >= 4 is 17.7 Å². The minimum absolute atomic E-state index is 0.0156. The first kappa shape index (κ1) is 36.3. The summed E-state index contributed by atoms with van der Waals surface area (Å²) in [5.74, 6) is 1.01. The number of nitrogens with one attached hydrogen (secondary N) is 2. The second kappa shape index (κ2) is 23.2. The average molecular weight is 542 g/mol. The number of nitrogens with zero attached hydrogens (tertiary/aromatic N) is 1. The van der Waals surface area contributed by atoms with Gasteiger partial charge in [0.15, 0.2) is 12.1 Å². The molecule has 0 unspecified atom stereocenters. The number of hydrogen-bond donors (Lipinski definition) is 4. The van der Waals surface area contributed by atoms with E-state index < -0.39 is 0 Å². The van der Waals surface area contributed by atoms with Crippen molar-refractivity contribution < 1.29 is 25.9 Å². The molecule has 0 rings (SSSR count). The molecule has 0 radical (unpaired) electrons. The predicted molar refractivity (Wildman–Crippen MR) is 156 cm³/mol. The maximum atomic E-state index is 13.0. The first-order valence-electron chi connectivity index (χ1n) is 15.6. The minimum Gasteiger partial charge on any atom is -0.351 e. The largest absolute Gasteiger partial charge is 0.351 e. The van der Waals surface area contributed by atoms with Crippen LogP contribution >= 0.6 is 0 Å². The third-order valence-corrected chi connectivity index (χ3v) is 6.91. The normalized spacial score (nSPS) is 13.0. The van der Waals surface area contributed by atoms with Crippen LogP contribution in [0.15, 0.2) is 0 Å². The molecule has 3 amide bonds. The van der Waals surface area contributed by atoms with Gasteiger partial charge in [-0.25, -0.2) is 0 Å². The predicted octanol–water partition coefficient (Wildman–Crippen LogP) is 3.06. The fourth-order valence-electron chi connectivity index (χ4n) is 4.71. The van der Waals surface area contributed by atoms with E-state index in [0.717, 1.165) is 25.7 Å². The molecular weight excluding hydrogens is 478 g/mol. The third-order valence-electron chi connectivity index (χ3n) is 6.91. The van der Waals surface area contributed by atoms with E-state index in [1.165, 1.54) is 44.9 Å². The molecule has 2 atom stereocenters. The zero-order valence-electron chi connectivity index (χ0n) is 25.6. The van der Waals surface area contributed by atoms with E-state index in [2.05, 4.69) is 56.7 Å². The molecule has 8 heteroatoms. The first-order chi connectivity index (χ1) is 18.1. The zero-order valence-corrected chi connectivity index (χ0v) is 25.6. The van der Waals surface area contributed by atoms with Gasteiger partial charge in [-0.1, -0.05) is 86.0 Å². The maximum Gasteiger partial charge on any atom is 0.278 e. The summed E-state index contributed by atoms with van der Waals surface area (Å²) in [4.78, 5) is 39.4. The number of carbonyl (C=O) groups is 3. The van der Waals surface area contributed by atoms with Gasteiger partial charge in [0.1, 0.15) is 0 Å². The van der Waals surface area contributed by atoms with Crippen LogP contribution in [0.5, 0.6) is 0 Å². The molecule has 0 aliphatic heterocycles. The first-order valence-corrected chi connectivity index (χ1v) is 15.6. The van der Waals surface area contributed by atoms with E-state index in [0.29, 0.717) is 57.3 Å². The summed E-state index contributed by atoms with van der Waals surface area (Å²) in [5, 5.41) is 5.95. The molecule has 38 heavy (non-hydrogen) atoms. The monoisotopic (exact) mass is 541 g/mol. The van der Waals surface area contributed by atoms with Gasteiger partial charge in [0, 0.05) is 45.4 Å². The molecule has 0 saturated carbocycles. The standard InChI is InChI=1S/C30H61N5O3/c1-6-7-8-9-10-11-12-13-14-17-28(36)35(20-15-18-33-29(37)26(31)22-24(2)3)21-16-19-34-30(38)27(32)23-25(4)5/h24-27H,6-23,31-32H2,1-5H3,(H,33,37)(H,34,38)/p+2/t26-,27-/m0/s1. The minimum atomic E-state index is -0.240. The molecule has 0 aliphatic carbocycles. The molecular formula is C30H63N5O3+2. The Kier molecular flexibility index (Phi) is 22.2. The van der Waals surface area contributed by atoms with Crippen LogP contribution in [0.25, 0.3) is 0 Å². The Morgan fingerprint density at radius 1 is 0.632 bits per heavy atom. The van der Waals surface area contributed by atoms with Gasteiger partial charge in [-0.05, 0) is 31.1 Å². The van der Waals surface area contributed by atoms with Crippen LogP contribution in [0.1, 0.15) is 125 Å². The van der Waals surface area contributed by atoms with Gasteiger partial charge in [0.25, 0.3) is 11.8 Å². The lowest BCUT2D eigenvalue weighted by molar-refractivity contribution is -0.407. The SMILES string of the molecule is CCCCCCCCCCCC(=O)N(CCCNC(=O)[C@@H]([NH3+])CC(C)C)CCCNC(=O)[C@@H]([NH3+])CC(C)C. The third kappa shape index (κ3) is 20.3. The fourth-order valence-corrected chi connectivity index (χ4v) is 4.71. The number of unbranched alkanes of at least 4 members (excludes halogenated alkanes) is 8. The number of carbonyl (C=O) groups excluding carboxylic acids is 3. The molecule has 8 nitrogen and oxygen atoms in total. The molecule has 0 aromatic heterocycles. The second-order valence-electron chi connectivity index (χ2n) is 11.9. The van der Waals surface area contributed by atoms with Gasteiger partial charge in [0.05, 0.1) is 0 Å². The number of rotatable bonds is 24. The molecule has 0 aromatic rings. The van der Waals surface area contributed by atoms with Crippen LogP contribution in [0.4, 0.5) is 0 Å². The highest BCUT2D eigenvalue weighted by molar-refractivity contribution is 5.80. The molecule has 0 fully saturated rings. The lowest BCUT2D eigenvalue weighted by atomic mass is 10.0. The summed E-state index contributed by atoms with van der Waals surface area (Å²) >= 11 is 0. The molecule has 0 heterocycles. The highest BCUT2D eigenvalue weighted by Gasteiger charge is 2.20. The van der Waals surface area contributed by atoms with E-state index in [4.69, 9.17) is 0 Å². The van der Waals surface area contributed by atoms with Gasteiger partial charge in [-0.15, -0.1) is 0 Å². The van der Waals surface area contributed by atoms with Crippen molar-refractivity contribution in [3.63, 3.8) is 0 Å². The van der Waals surface area contributed by atoms with Crippen LogP contribution < -0.4 is 22.1 Å². The van der Waals surface area contributed by atoms with Crippen LogP contribution in [-0.2, 0) is 14.4 Å². The molecule has 0 aromatic carbocycles. The number of hydrogen-bond acceptors (Lipinski definition) is 3. The average Bonchev–Trinajstić information content (AvgIpc) is 2.85. The van der Waals surface area contributed by atoms with E-state index >= 15 is 0 Å². The maximum absolute atomic E-state index is 13.0. The second-order valence-corrected chi connectivity index (χ2v) is 11.9. The quantitative estimate of drug-likeness (QED) is 0.140. The van der Waals surface area contributed by atoms with E-state index in [1.807, 2.05) is 4.90 Å². The van der Waals surface area contributed by atoms with Crippen molar-refractivity contribution in [3.8, 4) is 0 Å². The van der Waals surface area contributed by atoms with Crippen LogP contribution in [0, 0.1) is 11.8 Å². The molecule has 8 N–H and O–H groups in total. The lowest BCUT2D eigenvalue weighted by Crippen LogP contribution is -2.67. The summed E-state index contributed by atoms with van der Waals surface area (Å²) in [5.41, 5.74) is 7.94. The van der Waals surface area contributed by atoms with Gasteiger partial charge in [-0.2, -0.15) is 0 Å². The Balaban J connectivity index is 4.51. The van der Waals surface area contributed by atoms with Crippen molar-refractivity contribution in [2.75, 3.05) is 26.2 Å². The summed E-state index contributed by atoms with van der Waals surface area (Å²) in [6, 6.07) is -0.480. The Labute approximate surface area is 233 Å². The van der Waals surface area contributed by atoms with Gasteiger partial charge >= 0.3 is 0 Å². The Hall–Kier alpha value is -1.67. The highest BCUT2D eigenvalue weighted by Crippen LogP contribution is 2.12. The van der Waals surface area contributed by atoms with Gasteiger partial charge in [-0.3, -0.25) is 14.4 Å². The van der Waals surface area contributed by atoms with Gasteiger partial charge in [0.2, 0.25) is 5.91 Å². The lowest BCUT2D eigenvalue weighted by Gasteiger charge is -2.23. The molecule has 0 aliphatic rings. The van der Waals surface area contributed by atoms with Crippen molar-refractivity contribution in [1.29, 1.82) is 0 Å².